The van der Waals surface area contributed by atoms with E-state index in [0.29, 0.717) is 13.0 Å². The van der Waals surface area contributed by atoms with Crippen molar-refractivity contribution < 1.29 is 4.92 Å². The molecule has 0 fully saturated rings. The van der Waals surface area contributed by atoms with E-state index < -0.39 is 0 Å². The summed E-state index contributed by atoms with van der Waals surface area (Å²) in [6.45, 7) is 0.694. The van der Waals surface area contributed by atoms with Gasteiger partial charge in [-0.2, -0.15) is 0 Å². The molecule has 0 spiro atoms. The van der Waals surface area contributed by atoms with Gasteiger partial charge in [-0.15, -0.1) is 0 Å². The van der Waals surface area contributed by atoms with Crippen LogP contribution in [-0.4, -0.2) is 14.5 Å². The lowest BCUT2D eigenvalue weighted by Crippen LogP contribution is -2.04. The van der Waals surface area contributed by atoms with Crippen molar-refractivity contribution in [1.82, 2.24) is 9.55 Å². The number of hydrogen-bond acceptors (Lipinski definition) is 3. The molecule has 0 aliphatic carbocycles. The fourth-order valence-corrected chi connectivity index (χ4v) is 2.58. The van der Waals surface area contributed by atoms with Crippen molar-refractivity contribution in [2.24, 2.45) is 0 Å². The lowest BCUT2D eigenvalue weighted by atomic mass is 10.1. The zero-order valence-electron chi connectivity index (χ0n) is 9.22. The number of nitro benzene ring substituents is 1. The second kappa shape index (κ2) is 5.95. The van der Waals surface area contributed by atoms with Crippen molar-refractivity contribution in [2.75, 3.05) is 0 Å². The average Bonchev–Trinajstić information content (AvgIpc) is 2.68. The van der Waals surface area contributed by atoms with Crippen LogP contribution in [0.1, 0.15) is 5.56 Å². The van der Waals surface area contributed by atoms with Gasteiger partial charge in [0.1, 0.15) is 7.40 Å². The first-order chi connectivity index (χ1) is 8.59. The second-order valence-electron chi connectivity index (χ2n) is 3.66. The quantitative estimate of drug-likeness (QED) is 0.393. The zero-order valence-corrected chi connectivity index (χ0v) is 13.5. The van der Waals surface area contributed by atoms with Crippen LogP contribution >= 0.6 is 45.2 Å². The molecule has 0 amide bonds. The molecule has 2 aromatic rings. The minimum atomic E-state index is -0.335. The van der Waals surface area contributed by atoms with E-state index in [4.69, 9.17) is 0 Å². The zero-order chi connectivity index (χ0) is 13.1. The summed E-state index contributed by atoms with van der Waals surface area (Å²) in [5, 5.41) is 10.9. The van der Waals surface area contributed by atoms with E-state index in [9.17, 15) is 10.1 Å². The van der Waals surface area contributed by atoms with Crippen molar-refractivity contribution in [3.05, 3.63) is 53.7 Å². The van der Waals surface area contributed by atoms with Crippen molar-refractivity contribution in [1.29, 1.82) is 0 Å². The van der Waals surface area contributed by atoms with Crippen molar-refractivity contribution in [3.63, 3.8) is 0 Å². The van der Waals surface area contributed by atoms with Crippen LogP contribution in [0.15, 0.2) is 30.6 Å². The van der Waals surface area contributed by atoms with Crippen molar-refractivity contribution in [3.8, 4) is 0 Å². The summed E-state index contributed by atoms with van der Waals surface area (Å²) in [5.74, 6) is 0. The Hall–Kier alpha value is -0.710. The van der Waals surface area contributed by atoms with Crippen LogP contribution in [0.2, 0.25) is 0 Å². The molecule has 0 unspecified atom stereocenters. The highest BCUT2D eigenvalue weighted by Gasteiger charge is 2.12. The van der Waals surface area contributed by atoms with Crippen molar-refractivity contribution >= 4 is 50.9 Å². The Balaban J connectivity index is 2.16. The highest BCUT2D eigenvalue weighted by Crippen LogP contribution is 2.20. The largest absolute Gasteiger partial charge is 0.325 e. The highest BCUT2D eigenvalue weighted by atomic mass is 127. The molecule has 0 N–H and O–H groups in total. The molecular formula is C11H9I2N3O2. The SMILES string of the molecule is O=[N+]([O-])c1ccccc1CCn1cnc(I)c1I. The molecular weight excluding hydrogens is 460 g/mol. The molecule has 5 nitrogen and oxygen atoms in total. The third kappa shape index (κ3) is 2.99. The van der Waals surface area contributed by atoms with E-state index in [1.165, 1.54) is 6.07 Å². The van der Waals surface area contributed by atoms with Gasteiger partial charge in [0.2, 0.25) is 0 Å². The first kappa shape index (κ1) is 13.7. The number of benzene rings is 1. The van der Waals surface area contributed by atoms with Crippen LogP contribution in [0.25, 0.3) is 0 Å². The van der Waals surface area contributed by atoms with E-state index in [0.717, 1.165) is 13.0 Å². The molecule has 1 aromatic carbocycles. The maximum Gasteiger partial charge on any atom is 0.272 e. The summed E-state index contributed by atoms with van der Waals surface area (Å²) < 4.78 is 4.02. The van der Waals surface area contributed by atoms with Crippen LogP contribution in [-0.2, 0) is 13.0 Å². The Morgan fingerprint density at radius 3 is 2.67 bits per heavy atom. The number of nitrogens with zero attached hydrogens (tertiary/aromatic N) is 3. The van der Waals surface area contributed by atoms with Gasteiger partial charge in [0, 0.05) is 18.2 Å². The topological polar surface area (TPSA) is 61.0 Å². The van der Waals surface area contributed by atoms with Gasteiger partial charge in [0.05, 0.1) is 11.3 Å². The number of halogens is 2. The Bertz CT molecular complexity index is 583. The number of hydrogen-bond donors (Lipinski definition) is 0. The van der Waals surface area contributed by atoms with Crippen LogP contribution in [0, 0.1) is 17.5 Å². The van der Waals surface area contributed by atoms with Gasteiger partial charge in [0.25, 0.3) is 5.69 Å². The third-order valence-electron chi connectivity index (χ3n) is 2.54. The maximum atomic E-state index is 10.9. The predicted octanol–water partition coefficient (Wildman–Crippen LogP) is 3.24. The number of para-hydroxylation sites is 1. The van der Waals surface area contributed by atoms with Gasteiger partial charge in [-0.25, -0.2) is 4.98 Å². The number of imidazole rings is 1. The summed E-state index contributed by atoms with van der Waals surface area (Å²) in [5.41, 5.74) is 0.935. The van der Waals surface area contributed by atoms with Gasteiger partial charge in [-0.1, -0.05) is 18.2 Å². The number of nitro groups is 1. The van der Waals surface area contributed by atoms with Crippen LogP contribution in [0.4, 0.5) is 5.69 Å². The minimum absolute atomic E-state index is 0.183. The van der Waals surface area contributed by atoms with Gasteiger partial charge in [-0.05, 0) is 51.6 Å². The highest BCUT2D eigenvalue weighted by molar-refractivity contribution is 14.1. The standard InChI is InChI=1S/C11H9I2N3O2/c12-10-11(13)15(7-14-10)6-5-8-3-1-2-4-9(8)16(17)18/h1-4,7H,5-6H2. The summed E-state index contributed by atoms with van der Waals surface area (Å²) in [4.78, 5) is 14.7. The summed E-state index contributed by atoms with van der Waals surface area (Å²) in [7, 11) is 0. The van der Waals surface area contributed by atoms with Crippen LogP contribution in [0.3, 0.4) is 0 Å². The third-order valence-corrected chi connectivity index (χ3v) is 5.50. The number of rotatable bonds is 4. The van der Waals surface area contributed by atoms with E-state index in [-0.39, 0.29) is 10.6 Å². The molecule has 0 saturated carbocycles. The molecule has 18 heavy (non-hydrogen) atoms. The predicted molar refractivity (Wildman–Crippen MR) is 84.5 cm³/mol. The molecule has 0 aliphatic rings. The Kier molecular flexibility index (Phi) is 4.54. The fraction of sp³-hybridized carbons (Fsp3) is 0.182. The lowest BCUT2D eigenvalue weighted by molar-refractivity contribution is -0.385. The summed E-state index contributed by atoms with van der Waals surface area (Å²) in [6, 6.07) is 6.85. The maximum absolute atomic E-state index is 10.9. The fourth-order valence-electron chi connectivity index (χ4n) is 1.64. The monoisotopic (exact) mass is 469 g/mol. The smallest absolute Gasteiger partial charge is 0.272 e. The van der Waals surface area contributed by atoms with Crippen molar-refractivity contribution in [2.45, 2.75) is 13.0 Å². The molecule has 94 valence electrons. The summed E-state index contributed by atoms with van der Waals surface area (Å²) >= 11 is 4.39. The molecule has 7 heteroatoms. The average molecular weight is 469 g/mol. The van der Waals surface area contributed by atoms with Crippen LogP contribution < -0.4 is 0 Å². The molecule has 1 aromatic heterocycles. The van der Waals surface area contributed by atoms with E-state index >= 15 is 0 Å². The van der Waals surface area contributed by atoms with Gasteiger partial charge < -0.3 is 4.57 Å². The molecule has 1 heterocycles. The summed E-state index contributed by atoms with van der Waals surface area (Å²) in [6.07, 6.45) is 2.39. The van der Waals surface area contributed by atoms with Gasteiger partial charge in [0.15, 0.2) is 0 Å². The molecule has 0 aliphatic heterocycles. The number of aromatic nitrogens is 2. The lowest BCUT2D eigenvalue weighted by Gasteiger charge is -2.05. The van der Waals surface area contributed by atoms with Gasteiger partial charge >= 0.3 is 0 Å². The van der Waals surface area contributed by atoms with Crippen LogP contribution in [0.5, 0.6) is 0 Å². The molecule has 0 atom stereocenters. The molecule has 0 radical (unpaired) electrons. The normalized spacial score (nSPS) is 10.6. The molecule has 0 bridgehead atoms. The Labute approximate surface area is 131 Å². The minimum Gasteiger partial charge on any atom is -0.325 e. The molecule has 0 saturated heterocycles. The first-order valence-electron chi connectivity index (χ1n) is 5.18. The van der Waals surface area contributed by atoms with E-state index in [1.807, 2.05) is 10.6 Å². The van der Waals surface area contributed by atoms with E-state index in [1.54, 1.807) is 18.5 Å². The molecule has 2 rings (SSSR count). The van der Waals surface area contributed by atoms with Gasteiger partial charge in [-0.3, -0.25) is 10.1 Å². The first-order valence-corrected chi connectivity index (χ1v) is 7.33. The Morgan fingerprint density at radius 1 is 1.33 bits per heavy atom. The number of aryl methyl sites for hydroxylation is 2. The second-order valence-corrected chi connectivity index (χ2v) is 5.70. The van der Waals surface area contributed by atoms with E-state index in [2.05, 4.69) is 50.2 Å². The Morgan fingerprint density at radius 2 is 2.06 bits per heavy atom.